The molecule has 0 saturated heterocycles. The van der Waals surface area contributed by atoms with Crippen LogP contribution in [0.25, 0.3) is 12.2 Å². The molecular formula is C41H32F8O12. The van der Waals surface area contributed by atoms with E-state index in [-0.39, 0.29) is 22.6 Å². The minimum absolute atomic E-state index is 0.00685. The van der Waals surface area contributed by atoms with Gasteiger partial charge in [0.1, 0.15) is 11.5 Å². The molecule has 0 heterocycles. The van der Waals surface area contributed by atoms with Crippen molar-refractivity contribution in [3.05, 3.63) is 119 Å². The number of allylic oxidation sites excluding steroid dienone is 1. The second-order valence-electron chi connectivity index (χ2n) is 12.5. The van der Waals surface area contributed by atoms with Crippen molar-refractivity contribution in [2.75, 3.05) is 14.2 Å². The van der Waals surface area contributed by atoms with Gasteiger partial charge in [0, 0.05) is 0 Å². The third kappa shape index (κ3) is 12.1. The first kappa shape index (κ1) is 46.9. The number of carbonyl (C=O) groups excluding carboxylic acids is 4. The van der Waals surface area contributed by atoms with E-state index in [1.165, 1.54) is 60.7 Å². The summed E-state index contributed by atoms with van der Waals surface area (Å²) in [6.07, 6.45) is -13.7. The Morgan fingerprint density at radius 2 is 0.951 bits per heavy atom. The maximum atomic E-state index is 13.3. The Morgan fingerprint density at radius 1 is 0.574 bits per heavy atom. The lowest BCUT2D eigenvalue weighted by atomic mass is 9.91. The smallest absolute Gasteiger partial charge is 0.461 e. The Bertz CT molecular complexity index is 2280. The number of ether oxygens (including phenoxy) is 6. The van der Waals surface area contributed by atoms with Gasteiger partial charge < -0.3 is 38.6 Å². The molecule has 20 heteroatoms. The highest BCUT2D eigenvalue weighted by Crippen LogP contribution is 2.36. The second-order valence-corrected chi connectivity index (χ2v) is 12.5. The van der Waals surface area contributed by atoms with Crippen LogP contribution >= 0.6 is 0 Å². The fourth-order valence-electron chi connectivity index (χ4n) is 4.79. The summed E-state index contributed by atoms with van der Waals surface area (Å²) >= 11 is 0. The van der Waals surface area contributed by atoms with Crippen LogP contribution in [-0.2, 0) is 9.59 Å². The molecule has 0 amide bonds. The first-order valence-corrected chi connectivity index (χ1v) is 17.2. The van der Waals surface area contributed by atoms with Crippen molar-refractivity contribution in [3.8, 4) is 34.5 Å². The molecule has 0 aliphatic heterocycles. The van der Waals surface area contributed by atoms with E-state index in [9.17, 15) is 64.5 Å². The summed E-state index contributed by atoms with van der Waals surface area (Å²) in [6.45, 7) is 1.09. The largest absolute Gasteiger partial charge is 0.493 e. The maximum Gasteiger partial charge on any atom is 0.461 e. The summed E-state index contributed by atoms with van der Waals surface area (Å²) in [7, 11) is 2.07. The Labute approximate surface area is 340 Å². The predicted octanol–water partition coefficient (Wildman–Crippen LogP) is 7.80. The van der Waals surface area contributed by atoms with Crippen molar-refractivity contribution in [2.45, 2.75) is 37.8 Å². The molecule has 0 spiro atoms. The average Bonchev–Trinajstić information content (AvgIpc) is 3.22. The van der Waals surface area contributed by atoms with Gasteiger partial charge in [0.05, 0.1) is 31.3 Å². The Kier molecular flexibility index (Phi) is 15.0. The van der Waals surface area contributed by atoms with E-state index in [1.54, 1.807) is 0 Å². The van der Waals surface area contributed by atoms with Crippen LogP contribution in [0.2, 0.25) is 0 Å². The topological polar surface area (TPSA) is 164 Å². The van der Waals surface area contributed by atoms with Gasteiger partial charge in [-0.3, -0.25) is 9.59 Å². The van der Waals surface area contributed by atoms with Gasteiger partial charge in [0.2, 0.25) is 11.6 Å². The van der Waals surface area contributed by atoms with E-state index in [2.05, 4.69) is 9.47 Å². The van der Waals surface area contributed by atoms with Crippen LogP contribution < -0.4 is 28.4 Å². The predicted molar refractivity (Wildman–Crippen MR) is 196 cm³/mol. The highest BCUT2D eigenvalue weighted by molar-refractivity contribution is 6.05. The number of halogens is 8. The van der Waals surface area contributed by atoms with E-state index >= 15 is 0 Å². The maximum absolute atomic E-state index is 13.3. The zero-order chi connectivity index (χ0) is 45.3. The highest BCUT2D eigenvalue weighted by atomic mass is 19.3. The van der Waals surface area contributed by atoms with Gasteiger partial charge in [-0.25, -0.2) is 9.59 Å². The lowest BCUT2D eigenvalue weighted by molar-refractivity contribution is -0.253. The quantitative estimate of drug-likeness (QED) is 0.0310. The van der Waals surface area contributed by atoms with Crippen molar-refractivity contribution in [2.24, 2.45) is 5.92 Å². The van der Waals surface area contributed by atoms with Gasteiger partial charge in [-0.1, -0.05) is 36.4 Å². The monoisotopic (exact) mass is 868 g/mol. The molecule has 4 rings (SSSR count). The summed E-state index contributed by atoms with van der Waals surface area (Å²) in [4.78, 5) is 50.8. The minimum atomic E-state index is -4.82. The molecule has 0 bridgehead atoms. The van der Waals surface area contributed by atoms with Crippen molar-refractivity contribution >= 4 is 35.7 Å². The third-order valence-corrected chi connectivity index (χ3v) is 8.24. The Morgan fingerprint density at radius 3 is 1.31 bits per heavy atom. The minimum Gasteiger partial charge on any atom is -0.493 e. The van der Waals surface area contributed by atoms with Crippen LogP contribution in [-0.4, -0.2) is 78.8 Å². The van der Waals surface area contributed by atoms with E-state index < -0.39 is 83.3 Å². The standard InChI is InChI=1S/C41H32F8O12/c1-22(29(50)16-8-23-4-12-27(13-5-23)58-35(52)25-10-17-30(32(20-25)56-2)60-40(46,47)37(42)43)39(54,55)34(51)19-9-24-6-14-28(15-7-24)59-36(53)26-11-18-31(33(21-26)57-3)61-41(48,49)38(44)45/h4-22,37-38,54-55H,1-3H3. The molecule has 0 saturated carbocycles. The third-order valence-electron chi connectivity index (χ3n) is 8.24. The zero-order valence-corrected chi connectivity index (χ0v) is 31.6. The number of hydrogen-bond donors (Lipinski definition) is 2. The molecule has 0 aromatic heterocycles. The van der Waals surface area contributed by atoms with Crippen molar-refractivity contribution in [1.29, 1.82) is 0 Å². The molecular weight excluding hydrogens is 836 g/mol. The second kappa shape index (κ2) is 19.5. The lowest BCUT2D eigenvalue weighted by Gasteiger charge is -2.23. The van der Waals surface area contributed by atoms with Crippen molar-refractivity contribution in [1.82, 2.24) is 0 Å². The number of esters is 2. The summed E-state index contributed by atoms with van der Waals surface area (Å²) < 4.78 is 132. The number of ketones is 2. The number of hydrogen-bond acceptors (Lipinski definition) is 12. The van der Waals surface area contributed by atoms with Crippen LogP contribution in [0.4, 0.5) is 35.1 Å². The normalized spacial score (nSPS) is 12.7. The van der Waals surface area contributed by atoms with Gasteiger partial charge in [0.15, 0.2) is 28.8 Å². The molecule has 0 fully saturated rings. The lowest BCUT2D eigenvalue weighted by Crippen LogP contribution is -2.46. The van der Waals surface area contributed by atoms with Crippen LogP contribution in [0.15, 0.2) is 97.1 Å². The highest BCUT2D eigenvalue weighted by Gasteiger charge is 2.46. The molecule has 4 aromatic carbocycles. The van der Waals surface area contributed by atoms with Crippen LogP contribution in [0, 0.1) is 5.92 Å². The molecule has 61 heavy (non-hydrogen) atoms. The van der Waals surface area contributed by atoms with Crippen LogP contribution in [0.1, 0.15) is 38.8 Å². The van der Waals surface area contributed by atoms with E-state index in [0.717, 1.165) is 69.7 Å². The summed E-state index contributed by atoms with van der Waals surface area (Å²) in [6, 6.07) is 16.2. The fraction of sp³-hybridized carbons (Fsp3) is 0.220. The van der Waals surface area contributed by atoms with Gasteiger partial charge in [-0.05, 0) is 90.9 Å². The molecule has 324 valence electrons. The summed E-state index contributed by atoms with van der Waals surface area (Å²) in [5.74, 6) is -11.4. The van der Waals surface area contributed by atoms with Crippen molar-refractivity contribution in [3.63, 3.8) is 0 Å². The van der Waals surface area contributed by atoms with Gasteiger partial charge in [-0.2, -0.15) is 35.1 Å². The SMILES string of the molecule is COc1cc(C(=O)Oc2ccc(C=CC(=O)C(C)C(O)(O)C(=O)C=Cc3ccc(OC(=O)c4ccc(OC(F)(F)C(F)F)c(OC)c4)cc3)cc2)ccc1OC(F)(F)C(F)F. The van der Waals surface area contributed by atoms with Gasteiger partial charge >= 0.3 is 37.0 Å². The Balaban J connectivity index is 1.31. The molecule has 0 aliphatic carbocycles. The number of carbonyl (C=O) groups is 4. The van der Waals surface area contributed by atoms with Crippen LogP contribution in [0.5, 0.6) is 34.5 Å². The molecule has 0 radical (unpaired) electrons. The Hall–Kier alpha value is -6.80. The summed E-state index contributed by atoms with van der Waals surface area (Å²) in [5, 5.41) is 21.1. The molecule has 2 N–H and O–H groups in total. The number of alkyl halides is 8. The van der Waals surface area contributed by atoms with E-state index in [1.807, 2.05) is 0 Å². The number of rotatable bonds is 19. The van der Waals surface area contributed by atoms with Crippen molar-refractivity contribution < 1.29 is 92.9 Å². The fourth-order valence-corrected chi connectivity index (χ4v) is 4.79. The van der Waals surface area contributed by atoms with E-state index in [0.29, 0.717) is 11.1 Å². The first-order valence-electron chi connectivity index (χ1n) is 17.2. The number of aliphatic hydroxyl groups is 2. The van der Waals surface area contributed by atoms with Crippen LogP contribution in [0.3, 0.4) is 0 Å². The number of benzene rings is 4. The van der Waals surface area contributed by atoms with Gasteiger partial charge in [0.25, 0.3) is 0 Å². The molecule has 1 unspecified atom stereocenters. The summed E-state index contributed by atoms with van der Waals surface area (Å²) in [5.41, 5.74) is 0.252. The van der Waals surface area contributed by atoms with Gasteiger partial charge in [-0.15, -0.1) is 0 Å². The molecule has 0 aliphatic rings. The zero-order valence-electron chi connectivity index (χ0n) is 31.6. The molecule has 12 nitrogen and oxygen atoms in total. The first-order chi connectivity index (χ1) is 28.6. The number of methoxy groups -OCH3 is 2. The average molecular weight is 869 g/mol. The molecule has 4 aromatic rings. The van der Waals surface area contributed by atoms with E-state index in [4.69, 9.17) is 18.9 Å². The molecule has 1 atom stereocenters.